The summed E-state index contributed by atoms with van der Waals surface area (Å²) in [6.07, 6.45) is 9.60. The maximum Gasteiger partial charge on any atom is 0.268 e. The number of carbonyl (C=O) groups excluding carboxylic acids is 3. The first-order chi connectivity index (χ1) is 19.4. The van der Waals surface area contributed by atoms with Crippen LogP contribution in [-0.4, -0.2) is 58.6 Å². The number of nitrogens with zero attached hydrogens (tertiary/aromatic N) is 3. The molecule has 40 heavy (non-hydrogen) atoms. The van der Waals surface area contributed by atoms with Crippen molar-refractivity contribution in [3.05, 3.63) is 66.2 Å². The molecule has 3 heterocycles. The number of rotatable bonds is 7. The van der Waals surface area contributed by atoms with Gasteiger partial charge in [0.15, 0.2) is 5.60 Å². The molecule has 2 aromatic carbocycles. The summed E-state index contributed by atoms with van der Waals surface area (Å²) >= 11 is 0. The number of anilines is 3. The van der Waals surface area contributed by atoms with E-state index in [9.17, 15) is 24.6 Å². The van der Waals surface area contributed by atoms with Gasteiger partial charge < -0.3 is 20.0 Å². The van der Waals surface area contributed by atoms with Gasteiger partial charge in [0.1, 0.15) is 0 Å². The summed E-state index contributed by atoms with van der Waals surface area (Å²) in [5.74, 6) is -1.13. The number of likely N-dealkylation sites (tertiary alicyclic amines) is 1. The smallest absolute Gasteiger partial charge is 0.268 e. The van der Waals surface area contributed by atoms with E-state index in [1.165, 1.54) is 0 Å². The Balaban J connectivity index is 1.47. The average Bonchev–Trinajstić information content (AvgIpc) is 3.52. The molecule has 2 saturated heterocycles. The molecular formula is C32H39N3O5. The molecule has 0 spiro atoms. The van der Waals surface area contributed by atoms with Crippen LogP contribution in [0, 0.1) is 5.92 Å². The van der Waals surface area contributed by atoms with Gasteiger partial charge in [0.2, 0.25) is 11.8 Å². The van der Waals surface area contributed by atoms with E-state index >= 15 is 0 Å². The summed E-state index contributed by atoms with van der Waals surface area (Å²) in [5.41, 5.74) is 0.490. The van der Waals surface area contributed by atoms with Gasteiger partial charge in [0.05, 0.1) is 18.3 Å². The summed E-state index contributed by atoms with van der Waals surface area (Å²) in [6, 6.07) is 14.6. The predicted molar refractivity (Wildman–Crippen MR) is 154 cm³/mol. The van der Waals surface area contributed by atoms with Crippen molar-refractivity contribution in [1.29, 1.82) is 0 Å². The fourth-order valence-electron chi connectivity index (χ4n) is 6.28. The normalized spacial score (nSPS) is 24.4. The second-order valence-corrected chi connectivity index (χ2v) is 11.1. The Morgan fingerprint density at radius 2 is 1.80 bits per heavy atom. The Labute approximate surface area is 235 Å². The van der Waals surface area contributed by atoms with Crippen LogP contribution in [0.1, 0.15) is 63.9 Å². The maximum atomic E-state index is 14.0. The van der Waals surface area contributed by atoms with Gasteiger partial charge in [-0.15, -0.1) is 0 Å². The van der Waals surface area contributed by atoms with Gasteiger partial charge in [-0.3, -0.25) is 19.3 Å². The van der Waals surface area contributed by atoms with Gasteiger partial charge in [-0.2, -0.15) is 0 Å². The Kier molecular flexibility index (Phi) is 8.38. The Hall–Kier alpha value is -3.49. The molecule has 212 valence electrons. The monoisotopic (exact) mass is 545 g/mol. The molecule has 5 rings (SSSR count). The first-order valence-electron chi connectivity index (χ1n) is 14.5. The summed E-state index contributed by atoms with van der Waals surface area (Å²) in [4.78, 5) is 44.8. The molecule has 0 bridgehead atoms. The van der Waals surface area contributed by atoms with E-state index in [-0.39, 0.29) is 30.9 Å². The molecule has 3 amide bonds. The molecule has 8 nitrogen and oxygen atoms in total. The van der Waals surface area contributed by atoms with Crippen molar-refractivity contribution in [3.63, 3.8) is 0 Å². The second-order valence-electron chi connectivity index (χ2n) is 11.1. The van der Waals surface area contributed by atoms with Crippen molar-refractivity contribution in [2.24, 2.45) is 5.92 Å². The van der Waals surface area contributed by atoms with Gasteiger partial charge in [-0.1, -0.05) is 50.1 Å². The predicted octanol–water partition coefficient (Wildman–Crippen LogP) is 4.42. The van der Waals surface area contributed by atoms with E-state index in [0.717, 1.165) is 38.5 Å². The van der Waals surface area contributed by atoms with Crippen molar-refractivity contribution in [3.8, 4) is 0 Å². The van der Waals surface area contributed by atoms with E-state index in [1.54, 1.807) is 39.8 Å². The highest BCUT2D eigenvalue weighted by atomic mass is 16.3. The van der Waals surface area contributed by atoms with Crippen LogP contribution in [0.25, 0.3) is 0 Å². The van der Waals surface area contributed by atoms with Crippen molar-refractivity contribution in [2.45, 2.75) is 69.9 Å². The molecule has 3 aliphatic rings. The third kappa shape index (κ3) is 5.18. The Morgan fingerprint density at radius 1 is 1.02 bits per heavy atom. The van der Waals surface area contributed by atoms with E-state index < -0.39 is 17.4 Å². The summed E-state index contributed by atoms with van der Waals surface area (Å²) in [6.45, 7) is 2.97. The van der Waals surface area contributed by atoms with Crippen molar-refractivity contribution in [1.82, 2.24) is 4.90 Å². The standard InChI is InChI=1S/C32H39N3O5/c1-23(11-9-16-30(38)34-20-10-14-26(34)22-36)32(40)27-21-25(33-19-8-3-2-7-15-29(33)37)17-18-28(27)35(31(32)39)24-12-5-4-6-13-24/h4-6,9,11-13,17-18,21,23,26,36,40H,2-3,7-8,10,14-16,19-20,22H2,1H3/b11-9+/t23-,26+,32+/m1/s1. The van der Waals surface area contributed by atoms with Crippen LogP contribution >= 0.6 is 0 Å². The maximum absolute atomic E-state index is 14.0. The quantitative estimate of drug-likeness (QED) is 0.502. The van der Waals surface area contributed by atoms with Crippen LogP contribution < -0.4 is 9.80 Å². The van der Waals surface area contributed by atoms with E-state index in [2.05, 4.69) is 0 Å². The van der Waals surface area contributed by atoms with Crippen molar-refractivity contribution >= 4 is 34.8 Å². The van der Waals surface area contributed by atoms with Crippen molar-refractivity contribution in [2.75, 3.05) is 29.5 Å². The van der Waals surface area contributed by atoms with E-state index in [1.807, 2.05) is 42.5 Å². The van der Waals surface area contributed by atoms with Crippen molar-refractivity contribution < 1.29 is 24.6 Å². The lowest BCUT2D eigenvalue weighted by atomic mass is 9.82. The van der Waals surface area contributed by atoms with Crippen LogP contribution in [0.4, 0.5) is 17.1 Å². The fourth-order valence-corrected chi connectivity index (χ4v) is 6.28. The lowest BCUT2D eigenvalue weighted by Gasteiger charge is -2.29. The molecule has 0 unspecified atom stereocenters. The molecule has 0 saturated carbocycles. The minimum atomic E-state index is -1.88. The van der Waals surface area contributed by atoms with E-state index in [4.69, 9.17) is 0 Å². The second kappa shape index (κ2) is 11.9. The molecule has 2 fully saturated rings. The lowest BCUT2D eigenvalue weighted by Crippen LogP contribution is -2.43. The first kappa shape index (κ1) is 28.1. The van der Waals surface area contributed by atoms with Gasteiger partial charge in [-0.25, -0.2) is 0 Å². The van der Waals surface area contributed by atoms with Crippen LogP contribution in [0.2, 0.25) is 0 Å². The zero-order valence-electron chi connectivity index (χ0n) is 23.2. The summed E-state index contributed by atoms with van der Waals surface area (Å²) in [5, 5.41) is 21.8. The number of carbonyl (C=O) groups is 3. The van der Waals surface area contributed by atoms with Crippen LogP contribution in [0.3, 0.4) is 0 Å². The summed E-state index contributed by atoms with van der Waals surface area (Å²) in [7, 11) is 0. The topological polar surface area (TPSA) is 101 Å². The molecular weight excluding hydrogens is 506 g/mol. The number of benzene rings is 2. The molecule has 2 N–H and O–H groups in total. The molecule has 3 aliphatic heterocycles. The average molecular weight is 546 g/mol. The lowest BCUT2D eigenvalue weighted by molar-refractivity contribution is -0.138. The van der Waals surface area contributed by atoms with Gasteiger partial charge in [0, 0.05) is 48.8 Å². The highest BCUT2D eigenvalue weighted by Crippen LogP contribution is 2.49. The molecule has 0 aliphatic carbocycles. The zero-order valence-corrected chi connectivity index (χ0v) is 23.2. The van der Waals surface area contributed by atoms with Crippen LogP contribution in [0.5, 0.6) is 0 Å². The van der Waals surface area contributed by atoms with Crippen LogP contribution in [0.15, 0.2) is 60.7 Å². The SMILES string of the molecule is C[C@H](/C=C/CC(=O)N1CCC[C@H]1CO)[C@@]1(O)C(=O)N(c2ccccc2)c2ccc(N3CCCCCCC3=O)cc21. The zero-order chi connectivity index (χ0) is 28.3. The fraction of sp³-hybridized carbons (Fsp3) is 0.469. The van der Waals surface area contributed by atoms with Gasteiger partial charge in [-0.05, 0) is 56.0 Å². The number of aliphatic hydroxyl groups is 2. The third-order valence-corrected chi connectivity index (χ3v) is 8.59. The van der Waals surface area contributed by atoms with Gasteiger partial charge >= 0.3 is 0 Å². The minimum absolute atomic E-state index is 0.0476. The molecule has 3 atom stereocenters. The highest BCUT2D eigenvalue weighted by Gasteiger charge is 2.53. The highest BCUT2D eigenvalue weighted by molar-refractivity contribution is 6.12. The summed E-state index contributed by atoms with van der Waals surface area (Å²) < 4.78 is 0. The Bertz CT molecular complexity index is 1280. The molecule has 0 radical (unpaired) electrons. The first-order valence-corrected chi connectivity index (χ1v) is 14.5. The number of aliphatic hydroxyl groups excluding tert-OH is 1. The largest absolute Gasteiger partial charge is 0.394 e. The van der Waals surface area contributed by atoms with Crippen LogP contribution in [-0.2, 0) is 20.0 Å². The molecule has 2 aromatic rings. The number of para-hydroxylation sites is 1. The number of amides is 3. The molecule has 0 aromatic heterocycles. The third-order valence-electron chi connectivity index (χ3n) is 8.59. The molecule has 8 heteroatoms. The Morgan fingerprint density at radius 3 is 2.58 bits per heavy atom. The number of fused-ring (bicyclic) bond motifs is 1. The van der Waals surface area contributed by atoms with E-state index in [0.29, 0.717) is 42.1 Å². The van der Waals surface area contributed by atoms with Gasteiger partial charge in [0.25, 0.3) is 5.91 Å². The number of hydrogen-bond acceptors (Lipinski definition) is 5. The minimum Gasteiger partial charge on any atom is -0.394 e. The number of hydrogen-bond donors (Lipinski definition) is 2.